The summed E-state index contributed by atoms with van der Waals surface area (Å²) in [6.07, 6.45) is -1.20. The summed E-state index contributed by atoms with van der Waals surface area (Å²) in [5.41, 5.74) is 0. The molecule has 0 radical (unpaired) electrons. The molecule has 0 saturated carbocycles. The molecule has 1 unspecified atom stereocenters. The zero-order valence-corrected chi connectivity index (χ0v) is 15.3. The Labute approximate surface area is 149 Å². The van der Waals surface area contributed by atoms with Crippen molar-refractivity contribution in [3.8, 4) is 0 Å². The van der Waals surface area contributed by atoms with Crippen molar-refractivity contribution in [2.75, 3.05) is 20.2 Å². The molecule has 0 aromatic carbocycles. The summed E-state index contributed by atoms with van der Waals surface area (Å²) in [7, 11) is -3.50. The molecule has 11 heteroatoms. The number of carbonyl (C=O) groups is 2. The molecule has 0 bridgehead atoms. The number of hydrogen-bond acceptors (Lipinski definition) is 8. The van der Waals surface area contributed by atoms with E-state index in [-0.39, 0.29) is 72.3 Å². The summed E-state index contributed by atoms with van der Waals surface area (Å²) < 4.78 is 36.1. The van der Waals surface area contributed by atoms with Gasteiger partial charge in [0.15, 0.2) is 5.25 Å². The van der Waals surface area contributed by atoms with Gasteiger partial charge in [-0.1, -0.05) is 0 Å². The Morgan fingerprint density at radius 2 is 1.83 bits per heavy atom. The Hall–Kier alpha value is 0.810. The van der Waals surface area contributed by atoms with Crippen LogP contribution in [0, 0.1) is 0 Å². The Morgan fingerprint density at radius 1 is 1.33 bits per heavy atom. The van der Waals surface area contributed by atoms with E-state index >= 15 is 0 Å². The van der Waals surface area contributed by atoms with E-state index in [0.717, 1.165) is 0 Å². The third kappa shape index (κ3) is 10.7. The Kier molecular flexibility index (Phi) is 15.4. The maximum atomic E-state index is 11.1. The number of rotatable bonds is 7. The van der Waals surface area contributed by atoms with Crippen LogP contribution in [0.4, 0.5) is 0 Å². The molecular weight excluding hydrogens is 288 g/mol. The average molecular weight is 299 g/mol. The van der Waals surface area contributed by atoms with Gasteiger partial charge in [0.05, 0.1) is 0 Å². The van der Waals surface area contributed by atoms with Gasteiger partial charge in [-0.2, -0.15) is 0 Å². The van der Waals surface area contributed by atoms with Gasteiger partial charge >= 0.3 is 65.1 Å². The molecule has 1 atom stereocenters. The smallest absolute Gasteiger partial charge is 0.747 e. The molecule has 0 heterocycles. The second kappa shape index (κ2) is 11.6. The Balaban J connectivity index is -0.00000112. The molecule has 0 aromatic heterocycles. The fraction of sp³-hybridized carbons (Fsp3) is 0.714. The molecule has 0 aliphatic heterocycles. The normalized spacial score (nSPS) is 11.7. The van der Waals surface area contributed by atoms with Crippen molar-refractivity contribution < 1.29 is 91.5 Å². The number of nitrogens with one attached hydrogen (secondary N) is 1. The summed E-state index contributed by atoms with van der Waals surface area (Å²) in [4.78, 5) is 21.2. The number of carboxylic acids is 1. The number of aliphatic carboxylic acids is 1. The number of esters is 1. The van der Waals surface area contributed by atoms with Crippen molar-refractivity contribution in [3.63, 3.8) is 0 Å². The molecule has 0 aliphatic rings. The van der Waals surface area contributed by atoms with Crippen LogP contribution in [-0.2, 0) is 24.4 Å². The molecule has 0 spiro atoms. The van der Waals surface area contributed by atoms with E-state index in [9.17, 15) is 27.7 Å². The number of hydrogen-bond donors (Lipinski definition) is 1. The molecule has 0 aromatic rings. The molecule has 0 fully saturated rings. The van der Waals surface area contributed by atoms with Gasteiger partial charge in [-0.25, -0.2) is 8.42 Å². The first-order chi connectivity index (χ1) is 7.29. The maximum absolute atomic E-state index is 11.1. The number of likely N-dealkylation sites (N-methyl/N-ethyl adjacent to an activating group) is 1. The first kappa shape index (κ1) is 23.9. The van der Waals surface area contributed by atoms with E-state index in [0.29, 0.717) is 0 Å². The first-order valence-corrected chi connectivity index (χ1v) is 5.72. The molecule has 0 aliphatic carbocycles. The molecule has 1 N–H and O–H groups in total. The minimum Gasteiger partial charge on any atom is -0.747 e. The van der Waals surface area contributed by atoms with Gasteiger partial charge in [-0.05, 0) is 7.05 Å². The Morgan fingerprint density at radius 3 is 2.17 bits per heavy atom. The van der Waals surface area contributed by atoms with Gasteiger partial charge in [0.25, 0.3) is 0 Å². The van der Waals surface area contributed by atoms with Crippen LogP contribution in [0.1, 0.15) is 6.42 Å². The van der Waals surface area contributed by atoms with Crippen molar-refractivity contribution in [1.29, 1.82) is 0 Å². The summed E-state index contributed by atoms with van der Waals surface area (Å²) in [6.45, 7) is 0.0943. The van der Waals surface area contributed by atoms with Crippen molar-refractivity contribution >= 4 is 22.1 Å². The van der Waals surface area contributed by atoms with Gasteiger partial charge in [0, 0.05) is 18.9 Å². The van der Waals surface area contributed by atoms with Crippen LogP contribution in [-0.4, -0.2) is 50.4 Å². The third-order valence-corrected chi connectivity index (χ3v) is 2.62. The minimum absolute atomic E-state index is 0. The SMILES string of the molecule is CNCCOC(=O)C(CC(=O)[O-])S(=O)(=O)[O-].[Na+].[Na+]. The van der Waals surface area contributed by atoms with Crippen LogP contribution in [0.2, 0.25) is 0 Å². The van der Waals surface area contributed by atoms with Crippen molar-refractivity contribution in [3.05, 3.63) is 0 Å². The summed E-state index contributed by atoms with van der Waals surface area (Å²) >= 11 is 0. The van der Waals surface area contributed by atoms with Crippen LogP contribution < -0.4 is 69.5 Å². The molecule has 94 valence electrons. The van der Waals surface area contributed by atoms with Gasteiger partial charge in [0.2, 0.25) is 0 Å². The number of carbonyl (C=O) groups excluding carboxylic acids is 2. The van der Waals surface area contributed by atoms with Gasteiger partial charge in [-0.3, -0.25) is 4.79 Å². The van der Waals surface area contributed by atoms with Crippen LogP contribution >= 0.6 is 0 Å². The van der Waals surface area contributed by atoms with E-state index in [1.165, 1.54) is 0 Å². The predicted octanol–water partition coefficient (Wildman–Crippen LogP) is -9.19. The van der Waals surface area contributed by atoms with Gasteiger partial charge in [0.1, 0.15) is 16.7 Å². The monoisotopic (exact) mass is 299 g/mol. The topological polar surface area (TPSA) is 136 Å². The second-order valence-electron chi connectivity index (χ2n) is 2.83. The molecular formula is C7H11NNa2O7S. The number of ether oxygens (including phenoxy) is 1. The van der Waals surface area contributed by atoms with Crippen molar-refractivity contribution in [2.24, 2.45) is 0 Å². The molecule has 0 amide bonds. The molecule has 0 saturated heterocycles. The first-order valence-electron chi connectivity index (χ1n) is 4.24. The van der Waals surface area contributed by atoms with E-state index in [4.69, 9.17) is 0 Å². The largest absolute Gasteiger partial charge is 1.00 e. The zero-order valence-electron chi connectivity index (χ0n) is 10.5. The number of carboxylic acid groups (broad SMARTS) is 1. The van der Waals surface area contributed by atoms with Crippen LogP contribution in [0.5, 0.6) is 0 Å². The van der Waals surface area contributed by atoms with Crippen LogP contribution in [0.3, 0.4) is 0 Å². The van der Waals surface area contributed by atoms with Gasteiger partial charge < -0.3 is 24.5 Å². The van der Waals surface area contributed by atoms with E-state index < -0.39 is 33.7 Å². The minimum atomic E-state index is -5.06. The zero-order chi connectivity index (χ0) is 12.8. The molecule has 18 heavy (non-hydrogen) atoms. The summed E-state index contributed by atoms with van der Waals surface area (Å²) in [5.74, 6) is -3.19. The predicted molar refractivity (Wildman–Crippen MR) is 48.0 cm³/mol. The van der Waals surface area contributed by atoms with Gasteiger partial charge in [-0.15, -0.1) is 0 Å². The summed E-state index contributed by atoms with van der Waals surface area (Å²) in [6, 6.07) is 0. The van der Waals surface area contributed by atoms with Crippen LogP contribution in [0.15, 0.2) is 0 Å². The quantitative estimate of drug-likeness (QED) is 0.212. The van der Waals surface area contributed by atoms with Crippen LogP contribution in [0.25, 0.3) is 0 Å². The second-order valence-corrected chi connectivity index (χ2v) is 4.38. The van der Waals surface area contributed by atoms with E-state index in [1.807, 2.05) is 0 Å². The average Bonchev–Trinajstić information content (AvgIpc) is 2.12. The standard InChI is InChI=1S/C7H13NO7S.2Na/c1-8-2-3-15-7(11)5(4-6(9)10)16(12,13)14;;/h5,8H,2-4H2,1H3,(H,9,10)(H,12,13,14);;/q;2*+1/p-2. The third-order valence-electron chi connectivity index (χ3n) is 1.56. The Bertz CT molecular complexity index is 359. The van der Waals surface area contributed by atoms with E-state index in [1.54, 1.807) is 7.05 Å². The molecule has 0 rings (SSSR count). The molecule has 8 nitrogen and oxygen atoms in total. The van der Waals surface area contributed by atoms with Crippen molar-refractivity contribution in [1.82, 2.24) is 5.32 Å². The maximum Gasteiger partial charge on any atom is 1.00 e. The fourth-order valence-corrected chi connectivity index (χ4v) is 1.45. The fourth-order valence-electron chi connectivity index (χ4n) is 0.801. The van der Waals surface area contributed by atoms with E-state index in [2.05, 4.69) is 10.1 Å². The summed E-state index contributed by atoms with van der Waals surface area (Å²) in [5, 5.41) is 10.5. The van der Waals surface area contributed by atoms with Crippen molar-refractivity contribution in [2.45, 2.75) is 11.7 Å².